The second kappa shape index (κ2) is 21.0. The molecule has 10 heterocycles. The highest BCUT2D eigenvalue weighted by molar-refractivity contribution is 7.31. The van der Waals surface area contributed by atoms with Gasteiger partial charge in [-0.05, 0) is 115 Å². The fraction of sp³-hybridized carbons (Fsp3) is 0.0256. The van der Waals surface area contributed by atoms with E-state index in [-0.39, 0.29) is 22.7 Å². The van der Waals surface area contributed by atoms with Gasteiger partial charge in [0, 0.05) is 93.6 Å². The summed E-state index contributed by atoms with van der Waals surface area (Å²) >= 11 is 16.4. The predicted octanol–water partition coefficient (Wildman–Crippen LogP) is 23.1. The van der Waals surface area contributed by atoms with Gasteiger partial charge in [-0.25, -0.2) is 0 Å². The van der Waals surface area contributed by atoms with Crippen molar-refractivity contribution in [3.63, 3.8) is 0 Å². The van der Waals surface area contributed by atoms with Gasteiger partial charge in [0.2, 0.25) is 11.6 Å². The van der Waals surface area contributed by atoms with Crippen LogP contribution in [0.1, 0.15) is 84.7 Å². The summed E-state index contributed by atoms with van der Waals surface area (Å²) in [6, 6.07) is 69.5. The van der Waals surface area contributed by atoms with E-state index in [1.54, 1.807) is 45.3 Å². The summed E-state index contributed by atoms with van der Waals surface area (Å²) in [7, 11) is 0. The second-order valence-electron chi connectivity index (χ2n) is 23.0. The first-order chi connectivity index (χ1) is 46.3. The van der Waals surface area contributed by atoms with Crippen molar-refractivity contribution >= 4 is 187 Å². The molecule has 0 atom stereocenters. The fourth-order valence-electron chi connectivity index (χ4n) is 15.2. The zero-order valence-corrected chi connectivity index (χ0v) is 56.5. The molecule has 0 aliphatic heterocycles. The number of thiophene rings is 10. The normalized spacial score (nSPS) is 15.4. The summed E-state index contributed by atoms with van der Waals surface area (Å²) in [6.45, 7) is 0. The maximum absolute atomic E-state index is 14.9. The first-order valence-electron chi connectivity index (χ1n) is 29.6. The number of rotatable bonds is 8. The van der Waals surface area contributed by atoms with Gasteiger partial charge in [-0.3, -0.25) is 9.59 Å². The number of ketones is 2. The van der Waals surface area contributed by atoms with Crippen LogP contribution in [0.25, 0.3) is 103 Å². The average molecular weight is 1380 g/mol. The highest BCUT2D eigenvalue weighted by Gasteiger charge is 2.54. The minimum atomic E-state index is -0.892. The summed E-state index contributed by atoms with van der Waals surface area (Å²) < 4.78 is 6.09. The van der Waals surface area contributed by atoms with E-state index < -0.39 is 10.8 Å². The van der Waals surface area contributed by atoms with E-state index in [4.69, 9.17) is 0 Å². The lowest BCUT2D eigenvalue weighted by Gasteiger charge is -2.34. The number of Topliss-reactive ketones (excluding diaryl/α,β-unsaturated/α-hetero) is 2. The Morgan fingerprint density at radius 1 is 0.362 bits per heavy atom. The number of benzene rings is 5. The largest absolute Gasteiger partial charge is 0.288 e. The average Bonchev–Trinajstić information content (AvgIpc) is 1.48. The Balaban J connectivity index is 0.939. The van der Waals surface area contributed by atoms with Gasteiger partial charge in [0.25, 0.3) is 0 Å². The Bertz CT molecular complexity index is 5680. The first-order valence-corrected chi connectivity index (χ1v) is 38.0. The summed E-state index contributed by atoms with van der Waals surface area (Å²) in [4.78, 5) is 39.4. The molecule has 16 heteroatoms. The van der Waals surface area contributed by atoms with E-state index in [1.165, 1.54) is 76.6 Å². The summed E-state index contributed by atoms with van der Waals surface area (Å²) in [6.07, 6.45) is 3.88. The summed E-state index contributed by atoms with van der Waals surface area (Å²) in [5.41, 5.74) is 12.3. The van der Waals surface area contributed by atoms with Crippen molar-refractivity contribution in [1.82, 2.24) is 0 Å². The Hall–Kier alpha value is -9.60. The van der Waals surface area contributed by atoms with Crippen molar-refractivity contribution in [2.45, 2.75) is 10.8 Å². The van der Waals surface area contributed by atoms with Gasteiger partial charge >= 0.3 is 0 Å². The molecule has 19 rings (SSSR count). The van der Waals surface area contributed by atoms with E-state index in [1.807, 2.05) is 57.7 Å². The SMILES string of the molecule is N#CC(C#N)=C1/C(=C/c2cc3c(s2)-c2sc4c(-c5cccs5)c5c6c(sc5c(-c5cccs5)c4c2C3(c2ccccc2)c2ccccc2)-c2sc(/C=C3\C(=O)c4sc5ccsc5c4C3=C(C#N)C#N)cc2C6(c2ccccc2)c2ccccc2)C(=O)c2sc3ccsc3c21. The molecule has 94 heavy (non-hydrogen) atoms. The Morgan fingerprint density at radius 2 is 0.734 bits per heavy atom. The van der Waals surface area contributed by atoms with Crippen LogP contribution in [-0.4, -0.2) is 11.6 Å². The third kappa shape index (κ3) is 7.36. The molecule has 0 bridgehead atoms. The zero-order chi connectivity index (χ0) is 62.9. The Kier molecular flexibility index (Phi) is 12.5. The number of hydrogen-bond donors (Lipinski definition) is 0. The molecule has 0 unspecified atom stereocenters. The smallest absolute Gasteiger partial charge is 0.204 e. The molecule has 0 fully saturated rings. The number of nitriles is 4. The van der Waals surface area contributed by atoms with Crippen LogP contribution < -0.4 is 0 Å². The molecule has 5 aromatic carbocycles. The van der Waals surface area contributed by atoms with E-state index in [0.29, 0.717) is 43.2 Å². The minimum absolute atomic E-state index is 0.0776. The third-order valence-corrected chi connectivity index (χ3v) is 29.8. The molecule has 4 aliphatic rings. The van der Waals surface area contributed by atoms with E-state index in [2.05, 4.69) is 193 Å². The van der Waals surface area contributed by atoms with Crippen LogP contribution in [-0.2, 0) is 10.8 Å². The molecule has 0 radical (unpaired) electrons. The van der Waals surface area contributed by atoms with Gasteiger partial charge in [0.1, 0.15) is 35.4 Å². The standard InChI is InChI=1S/C78H34N4O2S10/c79-35-39(36-80)55-47(65(83)73-61(55)69-53(91-73)25-29-87-69)31-45-33-49-67(89-45)75-63(77(49,41-15-5-1-6-16-41)42-17-7-2-8-18-42)59-57(51-23-13-27-85-51)72-60(58(71(59)93-75)52-24-14-28-86-52)64-76(94-72)68-50(78(64,43-19-9-3-10-20-43)44-21-11-4-12-22-44)34-46(90-68)32-48-56(40(37-81)38-82)62-70-54(26-30-88-70)92-74(62)66(48)84/h1-34H/b47-31-,48-32-. The van der Waals surface area contributed by atoms with Crippen LogP contribution in [0.3, 0.4) is 0 Å². The first kappa shape index (κ1) is 56.0. The second-order valence-corrected chi connectivity index (χ2v) is 33.1. The number of nitrogens with zero attached hydrogens (tertiary/aromatic N) is 4. The number of hydrogen-bond acceptors (Lipinski definition) is 16. The van der Waals surface area contributed by atoms with Crippen molar-refractivity contribution in [2.75, 3.05) is 0 Å². The van der Waals surface area contributed by atoms with Crippen LogP contribution in [0.4, 0.5) is 0 Å². The van der Waals surface area contributed by atoms with Crippen molar-refractivity contribution < 1.29 is 9.59 Å². The van der Waals surface area contributed by atoms with Crippen LogP contribution in [0.5, 0.6) is 0 Å². The molecular weight excluding hydrogens is 1350 g/mol. The molecule has 0 saturated carbocycles. The van der Waals surface area contributed by atoms with Crippen molar-refractivity contribution in [1.29, 1.82) is 21.0 Å². The maximum Gasteiger partial charge on any atom is 0.204 e. The molecule has 0 saturated heterocycles. The quantitative estimate of drug-likeness (QED) is 0.110. The Morgan fingerprint density at radius 3 is 1.07 bits per heavy atom. The van der Waals surface area contributed by atoms with Crippen molar-refractivity contribution in [3.05, 3.63) is 289 Å². The van der Waals surface area contributed by atoms with E-state index in [9.17, 15) is 30.6 Å². The molecule has 438 valence electrons. The molecule has 0 N–H and O–H groups in total. The lowest BCUT2D eigenvalue weighted by Crippen LogP contribution is -2.28. The van der Waals surface area contributed by atoms with Crippen molar-refractivity contribution in [2.24, 2.45) is 0 Å². The molecule has 0 amide bonds. The maximum atomic E-state index is 14.9. The number of carbonyl (C=O) groups excluding carboxylic acids is 2. The zero-order valence-electron chi connectivity index (χ0n) is 48.3. The fourth-order valence-corrected chi connectivity index (χ4v) is 27.0. The Labute approximate surface area is 576 Å². The van der Waals surface area contributed by atoms with Gasteiger partial charge in [0.15, 0.2) is 0 Å². The van der Waals surface area contributed by atoms with E-state index >= 15 is 0 Å². The van der Waals surface area contributed by atoms with Gasteiger partial charge in [-0.1, -0.05) is 133 Å². The molecular formula is C78H34N4O2S10. The number of fused-ring (bicyclic) bond motifs is 16. The van der Waals surface area contributed by atoms with Crippen LogP contribution in [0, 0.1) is 45.3 Å². The minimum Gasteiger partial charge on any atom is -0.288 e. The van der Waals surface area contributed by atoms with Crippen LogP contribution >= 0.6 is 113 Å². The van der Waals surface area contributed by atoms with E-state index in [0.717, 1.165) is 102 Å². The highest BCUT2D eigenvalue weighted by Crippen LogP contribution is 2.71. The lowest BCUT2D eigenvalue weighted by atomic mass is 9.66. The lowest BCUT2D eigenvalue weighted by molar-refractivity contribution is 0.103. The molecule has 6 nitrogen and oxygen atoms in total. The van der Waals surface area contributed by atoms with Crippen LogP contribution in [0.15, 0.2) is 214 Å². The van der Waals surface area contributed by atoms with Gasteiger partial charge < -0.3 is 0 Å². The monoisotopic (exact) mass is 1380 g/mol. The topological polar surface area (TPSA) is 129 Å². The number of allylic oxidation sites excluding steroid dienone is 6. The highest BCUT2D eigenvalue weighted by atomic mass is 32.1. The summed E-state index contributed by atoms with van der Waals surface area (Å²) in [5, 5.41) is 53.0. The van der Waals surface area contributed by atoms with Gasteiger partial charge in [-0.2, -0.15) is 21.0 Å². The molecule has 4 aliphatic carbocycles. The summed E-state index contributed by atoms with van der Waals surface area (Å²) in [5.74, 6) is -0.351. The third-order valence-electron chi connectivity index (χ3n) is 18.7. The molecule has 0 spiro atoms. The van der Waals surface area contributed by atoms with Gasteiger partial charge in [0.05, 0.1) is 49.5 Å². The predicted molar refractivity (Wildman–Crippen MR) is 395 cm³/mol. The molecule has 10 aromatic heterocycles. The molecule has 15 aromatic rings. The number of carbonyl (C=O) groups is 2. The van der Waals surface area contributed by atoms with Crippen molar-refractivity contribution in [3.8, 4) is 64.7 Å². The van der Waals surface area contributed by atoms with Gasteiger partial charge in [-0.15, -0.1) is 113 Å². The van der Waals surface area contributed by atoms with Crippen LogP contribution in [0.2, 0.25) is 0 Å².